The molecule has 0 spiro atoms. The van der Waals surface area contributed by atoms with E-state index in [4.69, 9.17) is 17.0 Å². The van der Waals surface area contributed by atoms with E-state index in [-0.39, 0.29) is 0 Å². The number of hydrogen-bond acceptors (Lipinski definition) is 2. The molecule has 0 atom stereocenters. The number of ether oxygens (including phenoxy) is 1. The Morgan fingerprint density at radius 1 is 1.36 bits per heavy atom. The zero-order chi connectivity index (χ0) is 9.54. The maximum absolute atomic E-state index is 5.60. The molecular weight excluding hydrogens is 194 g/mol. The number of rotatable bonds is 0. The van der Waals surface area contributed by atoms with Crippen LogP contribution in [0.2, 0.25) is 0 Å². The molecule has 0 radical (unpaired) electrons. The Kier molecular flexibility index (Phi) is 1.74. The van der Waals surface area contributed by atoms with Crippen LogP contribution in [0.15, 0.2) is 18.2 Å². The molecule has 0 fully saturated rings. The van der Waals surface area contributed by atoms with E-state index in [9.17, 15) is 0 Å². The molecule has 0 saturated carbocycles. The molecule has 0 amide bonds. The van der Waals surface area contributed by atoms with Crippen molar-refractivity contribution >= 4 is 22.9 Å². The normalized spacial score (nSPS) is 18.9. The van der Waals surface area contributed by atoms with Crippen LogP contribution in [0.25, 0.3) is 0 Å². The number of nitrogens with zero attached hydrogens (tertiary/aromatic N) is 1. The minimum atomic E-state index is 0.561. The summed E-state index contributed by atoms with van der Waals surface area (Å²) in [7, 11) is 0. The third kappa shape index (κ3) is 1.05. The van der Waals surface area contributed by atoms with Crippen LogP contribution in [0.4, 0.5) is 5.69 Å². The fourth-order valence-electron chi connectivity index (χ4n) is 2.20. The van der Waals surface area contributed by atoms with Gasteiger partial charge in [0.2, 0.25) is 0 Å². The van der Waals surface area contributed by atoms with Gasteiger partial charge in [-0.05, 0) is 24.5 Å². The largest absolute Gasteiger partial charge is 0.484 e. The zero-order valence-electron chi connectivity index (χ0n) is 7.82. The summed E-state index contributed by atoms with van der Waals surface area (Å²) in [5.41, 5.74) is 2.59. The second-order valence-corrected chi connectivity index (χ2v) is 4.17. The molecule has 2 aliphatic rings. The van der Waals surface area contributed by atoms with Gasteiger partial charge >= 0.3 is 0 Å². The maximum atomic E-state index is 5.60. The molecule has 14 heavy (non-hydrogen) atoms. The fraction of sp³-hybridized carbons (Fsp3) is 0.364. The van der Waals surface area contributed by atoms with Crippen LogP contribution in [0, 0.1) is 0 Å². The third-order valence-electron chi connectivity index (χ3n) is 2.83. The van der Waals surface area contributed by atoms with E-state index in [1.165, 1.54) is 17.7 Å². The van der Waals surface area contributed by atoms with Crippen LogP contribution in [0.1, 0.15) is 12.0 Å². The van der Waals surface area contributed by atoms with Gasteiger partial charge in [-0.15, -0.1) is 0 Å². The van der Waals surface area contributed by atoms with Crippen molar-refractivity contribution in [3.8, 4) is 5.75 Å². The average Bonchev–Trinajstić information content (AvgIpc) is 2.24. The van der Waals surface area contributed by atoms with E-state index in [1.807, 2.05) is 6.07 Å². The Morgan fingerprint density at radius 2 is 2.29 bits per heavy atom. The Hall–Kier alpha value is -1.09. The predicted molar refractivity (Wildman–Crippen MR) is 60.2 cm³/mol. The molecule has 0 aliphatic carbocycles. The number of hydrogen-bond donors (Lipinski definition) is 0. The molecule has 0 bridgehead atoms. The smallest absolute Gasteiger partial charge is 0.143 e. The number of anilines is 1. The number of para-hydroxylation sites is 1. The summed E-state index contributed by atoms with van der Waals surface area (Å²) in [5.74, 6) is 0.996. The van der Waals surface area contributed by atoms with E-state index in [0.717, 1.165) is 23.7 Å². The minimum absolute atomic E-state index is 0.561. The van der Waals surface area contributed by atoms with Crippen LogP contribution in [-0.4, -0.2) is 18.1 Å². The van der Waals surface area contributed by atoms with Crippen molar-refractivity contribution in [1.29, 1.82) is 0 Å². The maximum Gasteiger partial charge on any atom is 0.143 e. The first-order chi connectivity index (χ1) is 6.86. The summed E-state index contributed by atoms with van der Waals surface area (Å²) in [5, 5.41) is 0. The highest BCUT2D eigenvalue weighted by atomic mass is 32.1. The van der Waals surface area contributed by atoms with Gasteiger partial charge in [0.25, 0.3) is 0 Å². The highest BCUT2D eigenvalue weighted by Crippen LogP contribution is 2.38. The summed E-state index contributed by atoms with van der Waals surface area (Å²) in [6.45, 7) is 1.61. The van der Waals surface area contributed by atoms with Crippen molar-refractivity contribution in [3.05, 3.63) is 23.8 Å². The lowest BCUT2D eigenvalue weighted by molar-refractivity contribution is 0.366. The van der Waals surface area contributed by atoms with Gasteiger partial charge in [0.15, 0.2) is 0 Å². The van der Waals surface area contributed by atoms with Crippen molar-refractivity contribution in [2.75, 3.05) is 18.1 Å². The van der Waals surface area contributed by atoms with Crippen LogP contribution in [0.5, 0.6) is 5.75 Å². The van der Waals surface area contributed by atoms with Crippen molar-refractivity contribution < 1.29 is 4.74 Å². The summed E-state index contributed by atoms with van der Waals surface area (Å²) >= 11 is 5.30. The van der Waals surface area contributed by atoms with Crippen LogP contribution >= 0.6 is 12.2 Å². The SMILES string of the molecule is S=C1COc2cccc3c2N1CCC3. The predicted octanol–water partition coefficient (Wildman–Crippen LogP) is 2.16. The van der Waals surface area contributed by atoms with Crippen LogP contribution in [0.3, 0.4) is 0 Å². The lowest BCUT2D eigenvalue weighted by Gasteiger charge is -2.36. The van der Waals surface area contributed by atoms with E-state index < -0.39 is 0 Å². The molecule has 0 aromatic heterocycles. The average molecular weight is 205 g/mol. The van der Waals surface area contributed by atoms with Crippen LogP contribution < -0.4 is 9.64 Å². The molecule has 2 heterocycles. The molecular formula is C11H11NOS. The Bertz CT molecular complexity index is 388. The Labute approximate surface area is 88.5 Å². The van der Waals surface area contributed by atoms with E-state index in [0.29, 0.717) is 6.61 Å². The monoisotopic (exact) mass is 205 g/mol. The first kappa shape index (κ1) is 8.24. The van der Waals surface area contributed by atoms with Crippen molar-refractivity contribution in [1.82, 2.24) is 0 Å². The van der Waals surface area contributed by atoms with Gasteiger partial charge in [-0.3, -0.25) is 0 Å². The fourth-order valence-corrected chi connectivity index (χ4v) is 2.44. The molecule has 3 heteroatoms. The molecule has 0 saturated heterocycles. The van der Waals surface area contributed by atoms with Gasteiger partial charge < -0.3 is 9.64 Å². The Morgan fingerprint density at radius 3 is 3.21 bits per heavy atom. The van der Waals surface area contributed by atoms with Crippen LogP contribution in [-0.2, 0) is 6.42 Å². The molecule has 3 rings (SSSR count). The number of benzene rings is 1. The van der Waals surface area contributed by atoms with Gasteiger partial charge in [-0.25, -0.2) is 0 Å². The minimum Gasteiger partial charge on any atom is -0.484 e. The van der Waals surface area contributed by atoms with Gasteiger partial charge in [0, 0.05) is 6.54 Å². The summed E-state index contributed by atoms with van der Waals surface area (Å²) in [6, 6.07) is 6.26. The van der Waals surface area contributed by atoms with E-state index >= 15 is 0 Å². The van der Waals surface area contributed by atoms with Gasteiger partial charge in [-0.1, -0.05) is 24.4 Å². The van der Waals surface area contributed by atoms with Gasteiger partial charge in [-0.2, -0.15) is 0 Å². The standard InChI is InChI=1S/C11H11NOS/c14-10-7-13-9-5-1-3-8-4-2-6-12(10)11(8)9/h1,3,5H,2,4,6-7H2. The van der Waals surface area contributed by atoms with E-state index in [1.54, 1.807) is 0 Å². The molecule has 1 aromatic rings. The number of thiocarbonyl (C=S) groups is 1. The summed E-state index contributed by atoms with van der Waals surface area (Å²) < 4.78 is 5.60. The van der Waals surface area contributed by atoms with E-state index in [2.05, 4.69) is 17.0 Å². The first-order valence-electron chi connectivity index (χ1n) is 4.91. The first-order valence-corrected chi connectivity index (χ1v) is 5.32. The number of aryl methyl sites for hydroxylation is 1. The quantitative estimate of drug-likeness (QED) is 0.602. The second kappa shape index (κ2) is 2.95. The molecule has 0 N–H and O–H groups in total. The highest BCUT2D eigenvalue weighted by Gasteiger charge is 2.27. The van der Waals surface area contributed by atoms with Crippen molar-refractivity contribution in [2.24, 2.45) is 0 Å². The van der Waals surface area contributed by atoms with Gasteiger partial charge in [0.05, 0.1) is 5.69 Å². The topological polar surface area (TPSA) is 12.5 Å². The van der Waals surface area contributed by atoms with Crippen molar-refractivity contribution in [2.45, 2.75) is 12.8 Å². The van der Waals surface area contributed by atoms with Gasteiger partial charge in [0.1, 0.15) is 17.3 Å². The second-order valence-electron chi connectivity index (χ2n) is 3.70. The molecule has 1 aromatic carbocycles. The lowest BCUT2D eigenvalue weighted by atomic mass is 10.0. The molecule has 0 unspecified atom stereocenters. The van der Waals surface area contributed by atoms with Crippen molar-refractivity contribution in [3.63, 3.8) is 0 Å². The molecule has 2 aliphatic heterocycles. The summed E-state index contributed by atoms with van der Waals surface area (Å²) in [4.78, 5) is 3.15. The zero-order valence-corrected chi connectivity index (χ0v) is 8.64. The third-order valence-corrected chi connectivity index (χ3v) is 3.17. The molecule has 2 nitrogen and oxygen atoms in total. The summed E-state index contributed by atoms with van der Waals surface area (Å²) in [6.07, 6.45) is 2.34. The highest BCUT2D eigenvalue weighted by molar-refractivity contribution is 7.80. The molecule has 72 valence electrons. The lowest BCUT2D eigenvalue weighted by Crippen LogP contribution is -2.40. The Balaban J connectivity index is 2.21.